The summed E-state index contributed by atoms with van der Waals surface area (Å²) in [6.45, 7) is 0. The lowest BCUT2D eigenvalue weighted by atomic mass is 9.85. The minimum Gasteiger partial charge on any atom is -0.294 e. The minimum atomic E-state index is 0.156. The van der Waals surface area contributed by atoms with E-state index in [1.54, 1.807) is 12.3 Å². The first-order chi connectivity index (χ1) is 8.27. The lowest BCUT2D eigenvalue weighted by molar-refractivity contribution is 0.0970. The highest BCUT2D eigenvalue weighted by molar-refractivity contribution is 6.33. The fourth-order valence-electron chi connectivity index (χ4n) is 2.55. The fourth-order valence-corrected chi connectivity index (χ4v) is 2.77. The number of aromatic nitrogens is 1. The van der Waals surface area contributed by atoms with Gasteiger partial charge in [-0.25, -0.2) is 0 Å². The molecule has 1 aromatic heterocycles. The van der Waals surface area contributed by atoms with Gasteiger partial charge in [0.15, 0.2) is 5.78 Å². The molecule has 0 unspecified atom stereocenters. The molecule has 3 heteroatoms. The van der Waals surface area contributed by atoms with Gasteiger partial charge < -0.3 is 0 Å². The third-order valence-electron chi connectivity index (χ3n) is 3.58. The molecule has 0 N–H and O–H groups in total. The Morgan fingerprint density at radius 1 is 1.35 bits per heavy atom. The van der Waals surface area contributed by atoms with Crippen LogP contribution >= 0.6 is 11.6 Å². The number of carbonyl (C=O) groups is 1. The van der Waals surface area contributed by atoms with Crippen LogP contribution in [0.15, 0.2) is 18.5 Å². The molecule has 0 atom stereocenters. The Hall–Kier alpha value is -0.890. The molecule has 2 rings (SSSR count). The van der Waals surface area contributed by atoms with Crippen LogP contribution in [0.25, 0.3) is 0 Å². The third-order valence-corrected chi connectivity index (χ3v) is 3.88. The minimum absolute atomic E-state index is 0.156. The van der Waals surface area contributed by atoms with Crippen LogP contribution in [-0.2, 0) is 0 Å². The van der Waals surface area contributed by atoms with Crippen molar-refractivity contribution in [2.24, 2.45) is 5.92 Å². The van der Waals surface area contributed by atoms with Crippen molar-refractivity contribution in [1.29, 1.82) is 0 Å². The number of hydrogen-bond donors (Lipinski definition) is 0. The highest BCUT2D eigenvalue weighted by atomic mass is 35.5. The molecule has 2 nitrogen and oxygen atoms in total. The summed E-state index contributed by atoms with van der Waals surface area (Å²) in [5, 5.41) is 0.473. The van der Waals surface area contributed by atoms with Crippen molar-refractivity contribution in [2.45, 2.75) is 44.9 Å². The average molecular weight is 252 g/mol. The van der Waals surface area contributed by atoms with Gasteiger partial charge in [0.25, 0.3) is 0 Å². The lowest BCUT2D eigenvalue weighted by Crippen LogP contribution is -2.09. The molecule has 1 aromatic rings. The molecule has 0 saturated heterocycles. The predicted molar refractivity (Wildman–Crippen MR) is 69.4 cm³/mol. The third kappa shape index (κ3) is 3.53. The zero-order valence-corrected chi connectivity index (χ0v) is 10.7. The summed E-state index contributed by atoms with van der Waals surface area (Å²) >= 11 is 5.96. The van der Waals surface area contributed by atoms with Crippen LogP contribution in [0.2, 0.25) is 5.02 Å². The predicted octanol–water partition coefficient (Wildman–Crippen LogP) is 4.28. The fraction of sp³-hybridized carbons (Fsp3) is 0.571. The van der Waals surface area contributed by atoms with Crippen LogP contribution < -0.4 is 0 Å². The van der Waals surface area contributed by atoms with Gasteiger partial charge in [0.05, 0.1) is 5.02 Å². The maximum absolute atomic E-state index is 12.0. The highest BCUT2D eigenvalue weighted by Crippen LogP contribution is 2.28. The van der Waals surface area contributed by atoms with Crippen molar-refractivity contribution in [2.75, 3.05) is 0 Å². The molecule has 0 radical (unpaired) electrons. The summed E-state index contributed by atoms with van der Waals surface area (Å²) in [6.07, 6.45) is 11.4. The maximum atomic E-state index is 12.0. The van der Waals surface area contributed by atoms with Crippen LogP contribution in [0.1, 0.15) is 55.3 Å². The number of pyridine rings is 1. The normalized spacial score (nSPS) is 17.0. The van der Waals surface area contributed by atoms with Gasteiger partial charge >= 0.3 is 0 Å². The summed E-state index contributed by atoms with van der Waals surface area (Å²) in [7, 11) is 0. The standard InChI is InChI=1S/C14H18ClNO/c15-13-10-16-9-8-12(13)14(17)7-6-11-4-2-1-3-5-11/h8-11H,1-7H2. The summed E-state index contributed by atoms with van der Waals surface area (Å²) in [5.41, 5.74) is 0.623. The lowest BCUT2D eigenvalue weighted by Gasteiger charge is -2.20. The molecule has 0 amide bonds. The molecule has 0 spiro atoms. The molecule has 1 heterocycles. The quantitative estimate of drug-likeness (QED) is 0.748. The topological polar surface area (TPSA) is 30.0 Å². The van der Waals surface area contributed by atoms with E-state index in [1.807, 2.05) is 0 Å². The van der Waals surface area contributed by atoms with E-state index in [0.717, 1.165) is 12.3 Å². The second kappa shape index (κ2) is 6.15. The zero-order valence-electron chi connectivity index (χ0n) is 9.99. The van der Waals surface area contributed by atoms with Gasteiger partial charge in [0.1, 0.15) is 0 Å². The van der Waals surface area contributed by atoms with Crippen molar-refractivity contribution in [3.05, 3.63) is 29.0 Å². The molecule has 1 aliphatic rings. The molecular formula is C14H18ClNO. The van der Waals surface area contributed by atoms with E-state index in [9.17, 15) is 4.79 Å². The van der Waals surface area contributed by atoms with E-state index >= 15 is 0 Å². The molecule has 1 aliphatic carbocycles. The Kier molecular flexibility index (Phi) is 4.55. The molecule has 1 saturated carbocycles. The van der Waals surface area contributed by atoms with Crippen molar-refractivity contribution >= 4 is 17.4 Å². The van der Waals surface area contributed by atoms with Gasteiger partial charge in [-0.05, 0) is 18.4 Å². The maximum Gasteiger partial charge on any atom is 0.164 e. The SMILES string of the molecule is O=C(CCC1CCCCC1)c1ccncc1Cl. The highest BCUT2D eigenvalue weighted by Gasteiger charge is 2.16. The van der Waals surface area contributed by atoms with Crippen LogP contribution in [0.5, 0.6) is 0 Å². The Morgan fingerprint density at radius 3 is 2.82 bits per heavy atom. The Bertz CT molecular complexity index is 386. The van der Waals surface area contributed by atoms with E-state index < -0.39 is 0 Å². The molecule has 0 aliphatic heterocycles. The largest absolute Gasteiger partial charge is 0.294 e. The number of halogens is 1. The number of ketones is 1. The van der Waals surface area contributed by atoms with Crippen molar-refractivity contribution in [3.8, 4) is 0 Å². The van der Waals surface area contributed by atoms with E-state index in [0.29, 0.717) is 17.0 Å². The van der Waals surface area contributed by atoms with Crippen LogP contribution in [0.4, 0.5) is 0 Å². The van der Waals surface area contributed by atoms with Crippen LogP contribution in [0, 0.1) is 5.92 Å². The van der Waals surface area contributed by atoms with Gasteiger partial charge in [-0.3, -0.25) is 9.78 Å². The number of nitrogens with zero attached hydrogens (tertiary/aromatic N) is 1. The van der Waals surface area contributed by atoms with Crippen LogP contribution in [0.3, 0.4) is 0 Å². The average Bonchev–Trinajstić information content (AvgIpc) is 2.38. The number of hydrogen-bond acceptors (Lipinski definition) is 2. The van der Waals surface area contributed by atoms with Gasteiger partial charge in [0, 0.05) is 24.4 Å². The summed E-state index contributed by atoms with van der Waals surface area (Å²) in [4.78, 5) is 15.9. The van der Waals surface area contributed by atoms with Gasteiger partial charge in [-0.15, -0.1) is 0 Å². The first-order valence-electron chi connectivity index (χ1n) is 6.40. The second-order valence-electron chi connectivity index (χ2n) is 4.82. The van der Waals surface area contributed by atoms with Crippen molar-refractivity contribution < 1.29 is 4.79 Å². The molecule has 1 fully saturated rings. The first-order valence-corrected chi connectivity index (χ1v) is 6.78. The van der Waals surface area contributed by atoms with Gasteiger partial charge in [0.2, 0.25) is 0 Å². The number of rotatable bonds is 4. The Morgan fingerprint density at radius 2 is 2.12 bits per heavy atom. The van der Waals surface area contributed by atoms with Gasteiger partial charge in [-0.1, -0.05) is 43.7 Å². The number of Topliss-reactive ketones (excluding diaryl/α,β-unsaturated/α-hetero) is 1. The molecular weight excluding hydrogens is 234 g/mol. The Labute approximate surface area is 107 Å². The second-order valence-corrected chi connectivity index (χ2v) is 5.23. The monoisotopic (exact) mass is 251 g/mol. The van der Waals surface area contributed by atoms with Crippen molar-refractivity contribution in [3.63, 3.8) is 0 Å². The first kappa shape index (κ1) is 12.6. The van der Waals surface area contributed by atoms with Crippen LogP contribution in [-0.4, -0.2) is 10.8 Å². The zero-order chi connectivity index (χ0) is 12.1. The molecule has 92 valence electrons. The summed E-state index contributed by atoms with van der Waals surface area (Å²) < 4.78 is 0. The van der Waals surface area contributed by atoms with E-state index in [2.05, 4.69) is 4.98 Å². The molecule has 0 bridgehead atoms. The Balaban J connectivity index is 1.87. The van der Waals surface area contributed by atoms with E-state index in [-0.39, 0.29) is 5.78 Å². The van der Waals surface area contributed by atoms with Gasteiger partial charge in [-0.2, -0.15) is 0 Å². The number of carbonyl (C=O) groups excluding carboxylic acids is 1. The summed E-state index contributed by atoms with van der Waals surface area (Å²) in [6, 6.07) is 1.71. The molecule has 0 aromatic carbocycles. The van der Waals surface area contributed by atoms with Crippen molar-refractivity contribution in [1.82, 2.24) is 4.98 Å². The van der Waals surface area contributed by atoms with E-state index in [4.69, 9.17) is 11.6 Å². The van der Waals surface area contributed by atoms with E-state index in [1.165, 1.54) is 38.3 Å². The molecule has 17 heavy (non-hydrogen) atoms. The summed E-state index contributed by atoms with van der Waals surface area (Å²) in [5.74, 6) is 0.899. The smallest absolute Gasteiger partial charge is 0.164 e.